The molecule has 0 aliphatic carbocycles. The predicted molar refractivity (Wildman–Crippen MR) is 266 cm³/mol. The van der Waals surface area contributed by atoms with Crippen LogP contribution in [0.15, 0.2) is 218 Å². The van der Waals surface area contributed by atoms with Crippen molar-refractivity contribution in [3.05, 3.63) is 218 Å². The molecule has 0 spiro atoms. The summed E-state index contributed by atoms with van der Waals surface area (Å²) < 4.78 is 4.96. The van der Waals surface area contributed by atoms with Crippen LogP contribution in [0.2, 0.25) is 0 Å². The lowest BCUT2D eigenvalue weighted by Crippen LogP contribution is -1.95. The van der Waals surface area contributed by atoms with Gasteiger partial charge in [0.1, 0.15) is 0 Å². The maximum Gasteiger partial charge on any atom is 0.0625 e. The number of benzene rings is 12. The SMILES string of the molecule is c1ccc(-n2c3cc(-c4ccc5c(c4)c4ccc6c7ccccc7c7ccccc7c6c4n5-c4ccccc4)ccc3c3cc4c5ccccc5c5ccccc5c4cc32)cc1. The Morgan fingerprint density at radius 2 is 0.613 bits per heavy atom. The van der Waals surface area contributed by atoms with E-state index in [1.165, 1.54) is 119 Å². The number of fused-ring (bicyclic) bond motifs is 19. The van der Waals surface area contributed by atoms with Crippen LogP contribution >= 0.6 is 0 Å². The van der Waals surface area contributed by atoms with Crippen molar-refractivity contribution in [2.45, 2.75) is 0 Å². The van der Waals surface area contributed by atoms with E-state index in [-0.39, 0.29) is 0 Å². The predicted octanol–water partition coefficient (Wildman–Crippen LogP) is 16.5. The highest BCUT2D eigenvalue weighted by Gasteiger charge is 2.21. The molecule has 0 saturated carbocycles. The highest BCUT2D eigenvalue weighted by Crippen LogP contribution is 2.45. The largest absolute Gasteiger partial charge is 0.309 e. The lowest BCUT2D eigenvalue weighted by molar-refractivity contribution is 1.18. The van der Waals surface area contributed by atoms with Crippen LogP contribution in [0.5, 0.6) is 0 Å². The zero-order valence-electron chi connectivity index (χ0n) is 33.7. The van der Waals surface area contributed by atoms with Gasteiger partial charge in [0.05, 0.1) is 22.1 Å². The quantitative estimate of drug-likeness (QED) is 0.158. The molecule has 2 nitrogen and oxygen atoms in total. The van der Waals surface area contributed by atoms with E-state index in [0.717, 1.165) is 11.4 Å². The molecule has 0 radical (unpaired) electrons. The van der Waals surface area contributed by atoms with Crippen molar-refractivity contribution in [3.63, 3.8) is 0 Å². The van der Waals surface area contributed by atoms with Gasteiger partial charge in [-0.1, -0.05) is 164 Å². The topological polar surface area (TPSA) is 9.86 Å². The van der Waals surface area contributed by atoms with Crippen LogP contribution in [0, 0.1) is 0 Å². The van der Waals surface area contributed by atoms with Gasteiger partial charge in [-0.15, -0.1) is 0 Å². The molecule has 0 aliphatic heterocycles. The monoisotopic (exact) mass is 784 g/mol. The Labute approximate surface area is 356 Å². The minimum absolute atomic E-state index is 1.15. The molecule has 0 atom stereocenters. The van der Waals surface area contributed by atoms with Crippen molar-refractivity contribution in [2.24, 2.45) is 0 Å². The Morgan fingerprint density at radius 1 is 0.210 bits per heavy atom. The molecule has 0 fully saturated rings. The third kappa shape index (κ3) is 4.58. The summed E-state index contributed by atoms with van der Waals surface area (Å²) in [6.07, 6.45) is 0. The molecule has 14 rings (SSSR count). The summed E-state index contributed by atoms with van der Waals surface area (Å²) in [5.41, 5.74) is 9.56. The fourth-order valence-corrected chi connectivity index (χ4v) is 11.0. The van der Waals surface area contributed by atoms with Gasteiger partial charge in [-0.2, -0.15) is 0 Å². The normalized spacial score (nSPS) is 12.2. The van der Waals surface area contributed by atoms with Gasteiger partial charge in [0, 0.05) is 38.3 Å². The number of aromatic nitrogens is 2. The van der Waals surface area contributed by atoms with Gasteiger partial charge in [-0.05, 0) is 125 Å². The smallest absolute Gasteiger partial charge is 0.0625 e. The number of hydrogen-bond acceptors (Lipinski definition) is 0. The summed E-state index contributed by atoms with van der Waals surface area (Å²) >= 11 is 0. The molecule has 2 aromatic heterocycles. The number of hydrogen-bond donors (Lipinski definition) is 0. The van der Waals surface area contributed by atoms with E-state index >= 15 is 0 Å². The first-order chi connectivity index (χ1) is 30.8. The van der Waals surface area contributed by atoms with Crippen LogP contribution in [-0.4, -0.2) is 9.13 Å². The first-order valence-corrected chi connectivity index (χ1v) is 21.5. The maximum atomic E-state index is 2.49. The Hall–Kier alpha value is -8.20. The minimum Gasteiger partial charge on any atom is -0.309 e. The fraction of sp³-hybridized carbons (Fsp3) is 0. The van der Waals surface area contributed by atoms with Gasteiger partial charge in [-0.25, -0.2) is 0 Å². The number of rotatable bonds is 3. The lowest BCUT2D eigenvalue weighted by Gasteiger charge is -2.14. The molecule has 0 aliphatic rings. The molecule has 2 heteroatoms. The van der Waals surface area contributed by atoms with Crippen molar-refractivity contribution >= 4 is 108 Å². The molecule has 2 heterocycles. The summed E-state index contributed by atoms with van der Waals surface area (Å²) in [5.74, 6) is 0. The molecule has 0 unspecified atom stereocenters. The highest BCUT2D eigenvalue weighted by molar-refractivity contribution is 6.34. The summed E-state index contributed by atoms with van der Waals surface area (Å²) in [7, 11) is 0. The molecule has 0 N–H and O–H groups in total. The molecule has 0 saturated heterocycles. The number of nitrogens with zero attached hydrogens (tertiary/aromatic N) is 2. The molecule has 0 bridgehead atoms. The molecule has 62 heavy (non-hydrogen) atoms. The molecular formula is C60H36N2. The standard InChI is InChI=1S/C60H36N2/c1-3-15-39(16-4-1)61-57-34-38(27-29-48(57)55-35-52-46-24-11-8-19-41(46)42-20-9-12-25-47(42)53(52)36-58(55)61)37-28-32-56-54(33-37)51-31-30-50-45-23-10-7-21-43(45)44-22-13-14-26-49(44)59(50)60(51)62(56)40-17-5-2-6-18-40/h1-36H. The van der Waals surface area contributed by atoms with E-state index in [9.17, 15) is 0 Å². The van der Waals surface area contributed by atoms with E-state index in [4.69, 9.17) is 0 Å². The second-order valence-electron chi connectivity index (χ2n) is 16.8. The second kappa shape index (κ2) is 12.7. The van der Waals surface area contributed by atoms with Gasteiger partial charge in [0.2, 0.25) is 0 Å². The van der Waals surface area contributed by atoms with Crippen molar-refractivity contribution in [1.82, 2.24) is 9.13 Å². The zero-order chi connectivity index (χ0) is 40.5. The van der Waals surface area contributed by atoms with Gasteiger partial charge in [-0.3, -0.25) is 0 Å². The van der Waals surface area contributed by atoms with Crippen LogP contribution < -0.4 is 0 Å². The van der Waals surface area contributed by atoms with Crippen LogP contribution in [-0.2, 0) is 0 Å². The summed E-state index contributed by atoms with van der Waals surface area (Å²) in [6, 6.07) is 81.0. The van der Waals surface area contributed by atoms with Crippen LogP contribution in [0.4, 0.5) is 0 Å². The first-order valence-electron chi connectivity index (χ1n) is 21.5. The Balaban J connectivity index is 1.06. The van der Waals surface area contributed by atoms with Gasteiger partial charge in [0.15, 0.2) is 0 Å². The average molecular weight is 785 g/mol. The van der Waals surface area contributed by atoms with Crippen molar-refractivity contribution in [2.75, 3.05) is 0 Å². The maximum absolute atomic E-state index is 2.49. The van der Waals surface area contributed by atoms with E-state index in [1.807, 2.05) is 0 Å². The van der Waals surface area contributed by atoms with E-state index in [1.54, 1.807) is 0 Å². The molecule has 0 amide bonds. The third-order valence-electron chi connectivity index (χ3n) is 13.6. The Bertz CT molecular complexity index is 4160. The van der Waals surface area contributed by atoms with Crippen molar-refractivity contribution < 1.29 is 0 Å². The fourth-order valence-electron chi connectivity index (χ4n) is 11.0. The Kier molecular flexibility index (Phi) is 6.86. The average Bonchev–Trinajstić information content (AvgIpc) is 3.85. The van der Waals surface area contributed by atoms with Crippen LogP contribution in [0.25, 0.3) is 131 Å². The van der Waals surface area contributed by atoms with Crippen LogP contribution in [0.3, 0.4) is 0 Å². The van der Waals surface area contributed by atoms with E-state index < -0.39 is 0 Å². The van der Waals surface area contributed by atoms with E-state index in [2.05, 4.69) is 228 Å². The highest BCUT2D eigenvalue weighted by atomic mass is 15.0. The second-order valence-corrected chi connectivity index (χ2v) is 16.8. The van der Waals surface area contributed by atoms with Gasteiger partial charge < -0.3 is 9.13 Å². The Morgan fingerprint density at radius 3 is 1.23 bits per heavy atom. The zero-order valence-corrected chi connectivity index (χ0v) is 33.7. The third-order valence-corrected chi connectivity index (χ3v) is 13.6. The van der Waals surface area contributed by atoms with Crippen molar-refractivity contribution in [3.8, 4) is 22.5 Å². The summed E-state index contributed by atoms with van der Waals surface area (Å²) in [5, 5.41) is 20.4. The molecule has 12 aromatic carbocycles. The summed E-state index contributed by atoms with van der Waals surface area (Å²) in [6.45, 7) is 0. The first kappa shape index (κ1) is 33.6. The summed E-state index contributed by atoms with van der Waals surface area (Å²) in [4.78, 5) is 0. The van der Waals surface area contributed by atoms with Gasteiger partial charge in [0.25, 0.3) is 0 Å². The number of para-hydroxylation sites is 2. The van der Waals surface area contributed by atoms with Crippen LogP contribution in [0.1, 0.15) is 0 Å². The van der Waals surface area contributed by atoms with E-state index in [0.29, 0.717) is 0 Å². The lowest BCUT2D eigenvalue weighted by atomic mass is 9.92. The molecule has 14 aromatic rings. The van der Waals surface area contributed by atoms with Crippen molar-refractivity contribution in [1.29, 1.82) is 0 Å². The molecular weight excluding hydrogens is 749 g/mol. The molecule has 286 valence electrons. The van der Waals surface area contributed by atoms with Gasteiger partial charge >= 0.3 is 0 Å². The minimum atomic E-state index is 1.15.